The summed E-state index contributed by atoms with van der Waals surface area (Å²) in [7, 11) is 2.93. The van der Waals surface area contributed by atoms with Crippen LogP contribution in [0.5, 0.6) is 11.5 Å². The van der Waals surface area contributed by atoms with Crippen molar-refractivity contribution in [1.82, 2.24) is 10.7 Å². The lowest BCUT2D eigenvalue weighted by Gasteiger charge is -2.12. The minimum absolute atomic E-state index is 0.235. The van der Waals surface area contributed by atoms with E-state index in [1.54, 1.807) is 25.5 Å². The lowest BCUT2D eigenvalue weighted by molar-refractivity contribution is 0.0600. The molecule has 0 aliphatic heterocycles. The molecule has 0 fully saturated rings. The third-order valence-corrected chi connectivity index (χ3v) is 3.97. The summed E-state index contributed by atoms with van der Waals surface area (Å²) in [5.41, 5.74) is 5.00. The standard InChI is InChI=1S/C21H25N3O4S/c1-14(2)23-21(29)24-22-12-16-7-10-18(19(11-16)26-3)28-13-15-5-8-17(9-6-15)20(25)27-4/h5-12,14H,13H2,1-4H3,(H2,23,24,29). The molecule has 7 nitrogen and oxygen atoms in total. The number of hydrogen-bond acceptors (Lipinski definition) is 6. The summed E-state index contributed by atoms with van der Waals surface area (Å²) in [4.78, 5) is 11.5. The second-order valence-corrected chi connectivity index (χ2v) is 6.79. The first kappa shape index (κ1) is 22.2. The summed E-state index contributed by atoms with van der Waals surface area (Å²) in [6.07, 6.45) is 1.64. The smallest absolute Gasteiger partial charge is 0.337 e. The van der Waals surface area contributed by atoms with Gasteiger partial charge in [-0.2, -0.15) is 5.10 Å². The summed E-state index contributed by atoms with van der Waals surface area (Å²) in [5.74, 6) is 0.821. The van der Waals surface area contributed by atoms with Gasteiger partial charge in [-0.15, -0.1) is 0 Å². The number of thiocarbonyl (C=S) groups is 1. The third-order valence-electron chi connectivity index (χ3n) is 3.76. The Kier molecular flexibility index (Phi) is 8.42. The maximum absolute atomic E-state index is 11.5. The Morgan fingerprint density at radius 2 is 1.86 bits per heavy atom. The zero-order valence-electron chi connectivity index (χ0n) is 16.9. The largest absolute Gasteiger partial charge is 0.493 e. The maximum Gasteiger partial charge on any atom is 0.337 e. The lowest BCUT2D eigenvalue weighted by atomic mass is 10.1. The SMILES string of the molecule is COC(=O)c1ccc(COc2ccc(C=NNC(=S)NC(C)C)cc2OC)cc1. The molecule has 0 heterocycles. The average Bonchev–Trinajstić information content (AvgIpc) is 2.71. The van der Waals surface area contributed by atoms with Gasteiger partial charge in [-0.05, 0) is 67.5 Å². The lowest BCUT2D eigenvalue weighted by Crippen LogP contribution is -2.36. The second-order valence-electron chi connectivity index (χ2n) is 6.39. The molecule has 8 heteroatoms. The van der Waals surface area contributed by atoms with E-state index in [4.69, 9.17) is 26.4 Å². The summed E-state index contributed by atoms with van der Waals surface area (Å²) in [6, 6.07) is 12.8. The van der Waals surface area contributed by atoms with Crippen molar-refractivity contribution in [3.05, 3.63) is 59.2 Å². The van der Waals surface area contributed by atoms with Gasteiger partial charge in [0, 0.05) is 6.04 Å². The van der Waals surface area contributed by atoms with Crippen LogP contribution in [0.3, 0.4) is 0 Å². The van der Waals surface area contributed by atoms with Gasteiger partial charge in [-0.1, -0.05) is 12.1 Å². The molecule has 0 atom stereocenters. The molecular weight excluding hydrogens is 390 g/mol. The molecule has 0 spiro atoms. The molecule has 0 saturated heterocycles. The highest BCUT2D eigenvalue weighted by molar-refractivity contribution is 7.80. The maximum atomic E-state index is 11.5. The van der Waals surface area contributed by atoms with Gasteiger partial charge >= 0.3 is 5.97 Å². The number of nitrogens with one attached hydrogen (secondary N) is 2. The van der Waals surface area contributed by atoms with Gasteiger partial charge in [0.2, 0.25) is 0 Å². The summed E-state index contributed by atoms with van der Waals surface area (Å²) in [5, 5.41) is 7.61. The van der Waals surface area contributed by atoms with Crippen LogP contribution in [0.25, 0.3) is 0 Å². The Balaban J connectivity index is 1.98. The highest BCUT2D eigenvalue weighted by Crippen LogP contribution is 2.28. The van der Waals surface area contributed by atoms with E-state index in [1.165, 1.54) is 7.11 Å². The van der Waals surface area contributed by atoms with Crippen molar-refractivity contribution in [2.75, 3.05) is 14.2 Å². The Bertz CT molecular complexity index is 867. The molecule has 0 radical (unpaired) electrons. The number of benzene rings is 2. The van der Waals surface area contributed by atoms with Gasteiger partial charge in [0.1, 0.15) is 6.61 Å². The van der Waals surface area contributed by atoms with Gasteiger partial charge in [-0.25, -0.2) is 4.79 Å². The van der Waals surface area contributed by atoms with Crippen LogP contribution in [-0.4, -0.2) is 37.6 Å². The minimum Gasteiger partial charge on any atom is -0.493 e. The molecule has 0 aliphatic rings. The summed E-state index contributed by atoms with van der Waals surface area (Å²) < 4.78 is 16.0. The Labute approximate surface area is 176 Å². The molecule has 0 amide bonds. The predicted molar refractivity (Wildman–Crippen MR) is 117 cm³/mol. The fourth-order valence-electron chi connectivity index (χ4n) is 2.36. The van der Waals surface area contributed by atoms with E-state index in [-0.39, 0.29) is 12.0 Å². The Morgan fingerprint density at radius 3 is 2.48 bits per heavy atom. The molecule has 154 valence electrons. The number of rotatable bonds is 8. The van der Waals surface area contributed by atoms with E-state index in [9.17, 15) is 4.79 Å². The number of ether oxygens (including phenoxy) is 3. The van der Waals surface area contributed by atoms with E-state index in [1.807, 2.05) is 44.2 Å². The first-order valence-corrected chi connectivity index (χ1v) is 9.41. The van der Waals surface area contributed by atoms with Gasteiger partial charge < -0.3 is 19.5 Å². The first-order chi connectivity index (χ1) is 13.9. The topological polar surface area (TPSA) is 81.2 Å². The van der Waals surface area contributed by atoms with Gasteiger partial charge in [0.05, 0.1) is 26.0 Å². The van der Waals surface area contributed by atoms with Crippen LogP contribution in [0.2, 0.25) is 0 Å². The van der Waals surface area contributed by atoms with E-state index < -0.39 is 0 Å². The molecule has 0 aliphatic carbocycles. The molecular formula is C21H25N3O4S. The van der Waals surface area contributed by atoms with Crippen molar-refractivity contribution in [1.29, 1.82) is 0 Å². The number of nitrogens with zero attached hydrogens (tertiary/aromatic N) is 1. The zero-order chi connectivity index (χ0) is 21.2. The van der Waals surface area contributed by atoms with E-state index >= 15 is 0 Å². The number of carbonyl (C=O) groups excluding carboxylic acids is 1. The molecule has 0 saturated carbocycles. The van der Waals surface area contributed by atoms with Crippen molar-refractivity contribution >= 4 is 29.5 Å². The van der Waals surface area contributed by atoms with Crippen LogP contribution >= 0.6 is 12.2 Å². The number of hydrazone groups is 1. The number of esters is 1. The number of carbonyl (C=O) groups is 1. The minimum atomic E-state index is -0.369. The third kappa shape index (κ3) is 7.08. The number of methoxy groups -OCH3 is 2. The van der Waals surface area contributed by atoms with Crippen molar-refractivity contribution in [2.24, 2.45) is 5.10 Å². The van der Waals surface area contributed by atoms with Gasteiger partial charge in [-0.3, -0.25) is 5.43 Å². The van der Waals surface area contributed by atoms with Crippen LogP contribution in [0.1, 0.15) is 35.3 Å². The highest BCUT2D eigenvalue weighted by Gasteiger charge is 2.08. The van der Waals surface area contributed by atoms with Crippen molar-refractivity contribution < 1.29 is 19.0 Å². The predicted octanol–water partition coefficient (Wildman–Crippen LogP) is 3.27. The van der Waals surface area contributed by atoms with E-state index in [2.05, 4.69) is 15.8 Å². The molecule has 0 bridgehead atoms. The van der Waals surface area contributed by atoms with Crippen LogP contribution in [0.15, 0.2) is 47.6 Å². The van der Waals surface area contributed by atoms with E-state index in [0.29, 0.717) is 28.8 Å². The average molecular weight is 416 g/mol. The monoisotopic (exact) mass is 415 g/mol. The summed E-state index contributed by atoms with van der Waals surface area (Å²) in [6.45, 7) is 4.32. The van der Waals surface area contributed by atoms with Gasteiger partial charge in [0.25, 0.3) is 0 Å². The van der Waals surface area contributed by atoms with Crippen LogP contribution in [0, 0.1) is 0 Å². The van der Waals surface area contributed by atoms with E-state index in [0.717, 1.165) is 11.1 Å². The fraction of sp³-hybridized carbons (Fsp3) is 0.286. The molecule has 2 aromatic rings. The normalized spacial score (nSPS) is 10.7. The van der Waals surface area contributed by atoms with Crippen LogP contribution < -0.4 is 20.2 Å². The zero-order valence-corrected chi connectivity index (χ0v) is 17.7. The van der Waals surface area contributed by atoms with Crippen molar-refractivity contribution in [2.45, 2.75) is 26.5 Å². The summed E-state index contributed by atoms with van der Waals surface area (Å²) >= 11 is 5.12. The molecule has 0 unspecified atom stereocenters. The molecule has 29 heavy (non-hydrogen) atoms. The highest BCUT2D eigenvalue weighted by atomic mass is 32.1. The molecule has 2 N–H and O–H groups in total. The molecule has 2 rings (SSSR count). The van der Waals surface area contributed by atoms with Crippen molar-refractivity contribution in [3.63, 3.8) is 0 Å². The molecule has 2 aromatic carbocycles. The fourth-order valence-corrected chi connectivity index (χ4v) is 2.65. The Hall–Kier alpha value is -3.13. The quantitative estimate of drug-likeness (QED) is 0.296. The first-order valence-electron chi connectivity index (χ1n) is 9.00. The van der Waals surface area contributed by atoms with Crippen molar-refractivity contribution in [3.8, 4) is 11.5 Å². The van der Waals surface area contributed by atoms with Gasteiger partial charge in [0.15, 0.2) is 16.6 Å². The number of hydrogen-bond donors (Lipinski definition) is 2. The van der Waals surface area contributed by atoms with Crippen LogP contribution in [-0.2, 0) is 11.3 Å². The molecule has 0 aromatic heterocycles. The Morgan fingerprint density at radius 1 is 1.14 bits per heavy atom. The van der Waals surface area contributed by atoms with Crippen LogP contribution in [0.4, 0.5) is 0 Å². The second kappa shape index (κ2) is 11.0.